The van der Waals surface area contributed by atoms with Crippen LogP contribution in [0.1, 0.15) is 44.5 Å². The summed E-state index contributed by atoms with van der Waals surface area (Å²) in [5, 5.41) is 3.41. The second-order valence-corrected chi connectivity index (χ2v) is 6.74. The maximum absolute atomic E-state index is 11.2. The number of hydrogen-bond donors (Lipinski definition) is 1. The summed E-state index contributed by atoms with van der Waals surface area (Å²) in [5.74, 6) is 1.07. The second kappa shape index (κ2) is 6.83. The van der Waals surface area contributed by atoms with Gasteiger partial charge in [0.2, 0.25) is 5.95 Å². The molecule has 4 nitrogen and oxygen atoms in total. The van der Waals surface area contributed by atoms with Crippen molar-refractivity contribution in [1.29, 1.82) is 0 Å². The fraction of sp³-hybridized carbons (Fsp3) is 0.692. The third-order valence-electron chi connectivity index (χ3n) is 2.87. The maximum Gasteiger partial charge on any atom is 0.223 e. The lowest BCUT2D eigenvalue weighted by Gasteiger charge is -2.11. The Morgan fingerprint density at radius 2 is 2.00 bits per heavy atom. The summed E-state index contributed by atoms with van der Waals surface area (Å²) >= 11 is 0. The normalized spacial score (nSPS) is 14.6. The number of anilines is 1. The van der Waals surface area contributed by atoms with Crippen LogP contribution in [0.2, 0.25) is 0 Å². The Morgan fingerprint density at radius 3 is 2.56 bits per heavy atom. The molecule has 0 spiro atoms. The highest BCUT2D eigenvalue weighted by Gasteiger charge is 2.08. The van der Waals surface area contributed by atoms with Crippen LogP contribution >= 0.6 is 0 Å². The fourth-order valence-corrected chi connectivity index (χ4v) is 1.97. The van der Waals surface area contributed by atoms with E-state index in [4.69, 9.17) is 0 Å². The Kier molecular flexibility index (Phi) is 5.72. The van der Waals surface area contributed by atoms with Gasteiger partial charge < -0.3 is 5.32 Å². The molecule has 1 aromatic heterocycles. The van der Waals surface area contributed by atoms with Crippen LogP contribution in [-0.4, -0.2) is 32.2 Å². The van der Waals surface area contributed by atoms with Crippen LogP contribution in [0.4, 0.5) is 5.95 Å². The Balaban J connectivity index is 2.59. The number of rotatable bonds is 6. The zero-order chi connectivity index (χ0) is 13.7. The predicted molar refractivity (Wildman–Crippen MR) is 77.5 cm³/mol. The van der Waals surface area contributed by atoms with Gasteiger partial charge in [-0.3, -0.25) is 4.21 Å². The molecule has 0 fully saturated rings. The summed E-state index contributed by atoms with van der Waals surface area (Å²) in [6.45, 7) is 8.96. The van der Waals surface area contributed by atoms with E-state index in [1.54, 1.807) is 6.26 Å². The fourth-order valence-electron chi connectivity index (χ4n) is 1.52. The first kappa shape index (κ1) is 15.1. The van der Waals surface area contributed by atoms with Gasteiger partial charge in [0.25, 0.3) is 0 Å². The number of nitrogens with zero attached hydrogens (tertiary/aromatic N) is 2. The third kappa shape index (κ3) is 4.72. The molecule has 1 aromatic rings. The van der Waals surface area contributed by atoms with Crippen LogP contribution in [0.3, 0.4) is 0 Å². The van der Waals surface area contributed by atoms with Crippen molar-refractivity contribution >= 4 is 16.7 Å². The van der Waals surface area contributed by atoms with Crippen LogP contribution in [0.15, 0.2) is 6.07 Å². The van der Waals surface area contributed by atoms with Crippen LogP contribution in [-0.2, 0) is 10.8 Å². The molecule has 0 aromatic carbocycles. The number of hydrogen-bond acceptors (Lipinski definition) is 4. The van der Waals surface area contributed by atoms with Gasteiger partial charge in [0, 0.05) is 40.2 Å². The Hall–Kier alpha value is -0.970. The van der Waals surface area contributed by atoms with Gasteiger partial charge in [-0.05, 0) is 25.3 Å². The summed E-state index contributed by atoms with van der Waals surface area (Å²) < 4.78 is 11.2. The molecular formula is C13H23N3OS. The van der Waals surface area contributed by atoms with E-state index in [9.17, 15) is 4.21 Å². The number of aryl methyl sites for hydroxylation is 1. The van der Waals surface area contributed by atoms with Crippen molar-refractivity contribution in [3.8, 4) is 0 Å². The van der Waals surface area contributed by atoms with Crippen molar-refractivity contribution in [2.24, 2.45) is 0 Å². The molecule has 1 N–H and O–H groups in total. The standard InChI is InChI=1S/C13H23N3OS/c1-9(2)12-8-10(3)15-13(16-12)14-7-6-11(4)18(5)17/h8-9,11H,6-7H2,1-5H3,(H,14,15,16). The van der Waals surface area contributed by atoms with E-state index in [2.05, 4.69) is 29.1 Å². The van der Waals surface area contributed by atoms with Gasteiger partial charge in [-0.1, -0.05) is 20.8 Å². The van der Waals surface area contributed by atoms with Crippen LogP contribution in [0, 0.1) is 6.92 Å². The second-order valence-electron chi connectivity index (χ2n) is 4.94. The largest absolute Gasteiger partial charge is 0.354 e. The van der Waals surface area contributed by atoms with Gasteiger partial charge in [-0.2, -0.15) is 0 Å². The molecule has 2 unspecified atom stereocenters. The van der Waals surface area contributed by atoms with Crippen molar-refractivity contribution in [1.82, 2.24) is 9.97 Å². The zero-order valence-corrected chi connectivity index (χ0v) is 12.7. The van der Waals surface area contributed by atoms with E-state index in [1.807, 2.05) is 19.9 Å². The molecule has 0 saturated heterocycles. The highest BCUT2D eigenvalue weighted by atomic mass is 32.2. The van der Waals surface area contributed by atoms with Crippen molar-refractivity contribution in [2.75, 3.05) is 18.1 Å². The van der Waals surface area contributed by atoms with Gasteiger partial charge >= 0.3 is 0 Å². The van der Waals surface area contributed by atoms with Crippen molar-refractivity contribution in [3.63, 3.8) is 0 Å². The van der Waals surface area contributed by atoms with Gasteiger partial charge in [0.1, 0.15) is 0 Å². The molecule has 0 saturated carbocycles. The smallest absolute Gasteiger partial charge is 0.223 e. The molecule has 5 heteroatoms. The summed E-state index contributed by atoms with van der Waals surface area (Å²) in [6, 6.07) is 2.01. The lowest BCUT2D eigenvalue weighted by molar-refractivity contribution is 0.672. The summed E-state index contributed by atoms with van der Waals surface area (Å²) in [6.07, 6.45) is 2.60. The average molecular weight is 269 g/mol. The van der Waals surface area contributed by atoms with Gasteiger partial charge in [-0.15, -0.1) is 0 Å². The number of nitrogens with one attached hydrogen (secondary N) is 1. The van der Waals surface area contributed by atoms with Gasteiger partial charge in [0.15, 0.2) is 0 Å². The SMILES string of the molecule is Cc1cc(C(C)C)nc(NCCC(C)S(C)=O)n1. The van der Waals surface area contributed by atoms with Crippen molar-refractivity contribution in [3.05, 3.63) is 17.5 Å². The molecular weight excluding hydrogens is 246 g/mol. The molecule has 0 bridgehead atoms. The molecule has 0 aliphatic carbocycles. The van der Waals surface area contributed by atoms with E-state index in [0.717, 1.165) is 24.4 Å². The van der Waals surface area contributed by atoms with Crippen LogP contribution in [0.5, 0.6) is 0 Å². The molecule has 2 atom stereocenters. The summed E-state index contributed by atoms with van der Waals surface area (Å²) in [5.41, 5.74) is 2.03. The molecule has 102 valence electrons. The zero-order valence-electron chi connectivity index (χ0n) is 11.9. The van der Waals surface area contributed by atoms with Crippen LogP contribution < -0.4 is 5.32 Å². The molecule has 1 rings (SSSR count). The lowest BCUT2D eigenvalue weighted by atomic mass is 10.1. The lowest BCUT2D eigenvalue weighted by Crippen LogP contribution is -2.16. The van der Waals surface area contributed by atoms with E-state index >= 15 is 0 Å². The van der Waals surface area contributed by atoms with E-state index < -0.39 is 10.8 Å². The molecule has 18 heavy (non-hydrogen) atoms. The summed E-state index contributed by atoms with van der Waals surface area (Å²) in [7, 11) is -0.765. The molecule has 0 aliphatic heterocycles. The Morgan fingerprint density at radius 1 is 1.33 bits per heavy atom. The average Bonchev–Trinajstić information content (AvgIpc) is 2.27. The topological polar surface area (TPSA) is 54.9 Å². The van der Waals surface area contributed by atoms with E-state index in [1.165, 1.54) is 0 Å². The third-order valence-corrected chi connectivity index (χ3v) is 4.24. The first-order valence-electron chi connectivity index (χ1n) is 6.31. The van der Waals surface area contributed by atoms with Gasteiger partial charge in [0.05, 0.1) is 0 Å². The van der Waals surface area contributed by atoms with E-state index in [-0.39, 0.29) is 5.25 Å². The highest BCUT2D eigenvalue weighted by Crippen LogP contribution is 2.14. The predicted octanol–water partition coefficient (Wildman–Crippen LogP) is 2.48. The first-order valence-corrected chi connectivity index (χ1v) is 7.94. The molecule has 0 amide bonds. The first-order chi connectivity index (χ1) is 8.40. The number of aromatic nitrogens is 2. The highest BCUT2D eigenvalue weighted by molar-refractivity contribution is 7.84. The minimum Gasteiger partial charge on any atom is -0.354 e. The Bertz CT molecular complexity index is 421. The molecule has 0 aliphatic rings. The Labute approximate surface area is 112 Å². The summed E-state index contributed by atoms with van der Waals surface area (Å²) in [4.78, 5) is 8.84. The quantitative estimate of drug-likeness (QED) is 0.862. The minimum absolute atomic E-state index is 0.201. The van der Waals surface area contributed by atoms with Crippen molar-refractivity contribution in [2.45, 2.75) is 45.3 Å². The maximum atomic E-state index is 11.2. The van der Waals surface area contributed by atoms with Crippen molar-refractivity contribution < 1.29 is 4.21 Å². The van der Waals surface area contributed by atoms with E-state index in [0.29, 0.717) is 11.9 Å². The monoisotopic (exact) mass is 269 g/mol. The molecule has 1 heterocycles. The minimum atomic E-state index is -0.765. The van der Waals surface area contributed by atoms with Gasteiger partial charge in [-0.25, -0.2) is 9.97 Å². The molecule has 0 radical (unpaired) electrons. The van der Waals surface area contributed by atoms with Crippen LogP contribution in [0.25, 0.3) is 0 Å².